The highest BCUT2D eigenvalue weighted by molar-refractivity contribution is 5.98. The van der Waals surface area contributed by atoms with Crippen LogP contribution in [-0.4, -0.2) is 28.4 Å². The third-order valence-corrected chi connectivity index (χ3v) is 2.46. The van der Waals surface area contributed by atoms with Crippen molar-refractivity contribution >= 4 is 11.7 Å². The van der Waals surface area contributed by atoms with Gasteiger partial charge in [0, 0.05) is 12.6 Å². The lowest BCUT2D eigenvalue weighted by atomic mass is 10.2. The van der Waals surface area contributed by atoms with Crippen molar-refractivity contribution in [1.29, 1.82) is 5.26 Å². The van der Waals surface area contributed by atoms with Crippen molar-refractivity contribution in [2.45, 2.75) is 26.3 Å². The Morgan fingerprint density at radius 1 is 1.67 bits per heavy atom. The molecule has 0 aliphatic carbocycles. The minimum atomic E-state index is -0.614. The molecule has 0 aliphatic rings. The Morgan fingerprint density at radius 2 is 2.33 bits per heavy atom. The van der Waals surface area contributed by atoms with Crippen LogP contribution in [0.2, 0.25) is 0 Å². The van der Waals surface area contributed by atoms with E-state index in [2.05, 4.69) is 4.98 Å². The molecular formula is C12H15FN4O. The average Bonchev–Trinajstić information content (AvgIpc) is 2.32. The summed E-state index contributed by atoms with van der Waals surface area (Å²) in [5, 5.41) is 8.56. The number of hydrogen-bond acceptors (Lipinski definition) is 4. The number of carbonyl (C=O) groups excluding carboxylic acids is 1. The number of nitrogens with zero attached hydrogens (tertiary/aromatic N) is 3. The van der Waals surface area contributed by atoms with Gasteiger partial charge in [0.2, 0.25) is 0 Å². The molecule has 18 heavy (non-hydrogen) atoms. The maximum Gasteiger partial charge on any atom is 0.257 e. The molecule has 0 aliphatic heterocycles. The van der Waals surface area contributed by atoms with Gasteiger partial charge in [0.15, 0.2) is 0 Å². The number of nitriles is 1. The van der Waals surface area contributed by atoms with Gasteiger partial charge in [-0.15, -0.1) is 0 Å². The number of halogens is 1. The molecule has 0 saturated heterocycles. The van der Waals surface area contributed by atoms with Gasteiger partial charge in [-0.3, -0.25) is 4.79 Å². The van der Waals surface area contributed by atoms with Gasteiger partial charge in [0.25, 0.3) is 5.91 Å². The normalized spacial score (nSPS) is 10.2. The second kappa shape index (κ2) is 5.96. The van der Waals surface area contributed by atoms with Crippen LogP contribution in [0.4, 0.5) is 10.2 Å². The van der Waals surface area contributed by atoms with Crippen molar-refractivity contribution in [3.05, 3.63) is 23.6 Å². The fraction of sp³-hybridized carbons (Fsp3) is 0.417. The van der Waals surface area contributed by atoms with Crippen LogP contribution in [0.1, 0.15) is 30.6 Å². The van der Waals surface area contributed by atoms with Gasteiger partial charge >= 0.3 is 0 Å². The summed E-state index contributed by atoms with van der Waals surface area (Å²) in [6, 6.07) is 2.93. The van der Waals surface area contributed by atoms with E-state index in [-0.39, 0.29) is 30.4 Å². The molecule has 0 bridgehead atoms. The minimum Gasteiger partial charge on any atom is -0.383 e. The smallest absolute Gasteiger partial charge is 0.257 e. The van der Waals surface area contributed by atoms with Crippen LogP contribution in [-0.2, 0) is 0 Å². The van der Waals surface area contributed by atoms with E-state index in [1.807, 2.05) is 19.9 Å². The number of rotatable bonds is 4. The Labute approximate surface area is 105 Å². The lowest BCUT2D eigenvalue weighted by molar-refractivity contribution is 0.0710. The molecule has 96 valence electrons. The van der Waals surface area contributed by atoms with Crippen molar-refractivity contribution in [3.63, 3.8) is 0 Å². The largest absolute Gasteiger partial charge is 0.383 e. The number of anilines is 1. The highest BCUT2D eigenvalue weighted by atomic mass is 19.1. The zero-order chi connectivity index (χ0) is 13.7. The van der Waals surface area contributed by atoms with Gasteiger partial charge in [-0.1, -0.05) is 0 Å². The summed E-state index contributed by atoms with van der Waals surface area (Å²) in [5.74, 6) is -1.04. The van der Waals surface area contributed by atoms with Gasteiger partial charge in [0.05, 0.1) is 24.3 Å². The van der Waals surface area contributed by atoms with E-state index < -0.39 is 11.7 Å². The molecule has 0 radical (unpaired) electrons. The molecule has 1 rings (SSSR count). The number of pyridine rings is 1. The van der Waals surface area contributed by atoms with Crippen molar-refractivity contribution in [3.8, 4) is 6.07 Å². The van der Waals surface area contributed by atoms with E-state index in [9.17, 15) is 9.18 Å². The standard InChI is InChI=1S/C12H15FN4O/c1-8(2)17(5-3-4-14)12(18)10-6-9(13)7-16-11(10)15/h6-8H,3,5H2,1-2H3,(H2,15,16). The molecule has 5 nitrogen and oxygen atoms in total. The summed E-state index contributed by atoms with van der Waals surface area (Å²) in [7, 11) is 0. The first-order valence-electron chi connectivity index (χ1n) is 5.56. The van der Waals surface area contributed by atoms with E-state index in [1.54, 1.807) is 0 Å². The van der Waals surface area contributed by atoms with Crippen LogP contribution >= 0.6 is 0 Å². The zero-order valence-electron chi connectivity index (χ0n) is 10.4. The summed E-state index contributed by atoms with van der Waals surface area (Å²) in [4.78, 5) is 17.3. The summed E-state index contributed by atoms with van der Waals surface area (Å²) in [6.45, 7) is 3.92. The third kappa shape index (κ3) is 3.17. The lowest BCUT2D eigenvalue weighted by Gasteiger charge is -2.26. The zero-order valence-corrected chi connectivity index (χ0v) is 10.4. The predicted molar refractivity (Wildman–Crippen MR) is 65.0 cm³/mol. The van der Waals surface area contributed by atoms with Gasteiger partial charge in [-0.25, -0.2) is 9.37 Å². The molecule has 0 fully saturated rings. The SMILES string of the molecule is CC(C)N(CCC#N)C(=O)c1cc(F)cnc1N. The Hall–Kier alpha value is -2.16. The van der Waals surface area contributed by atoms with Gasteiger partial charge in [0.1, 0.15) is 11.6 Å². The molecule has 0 spiro atoms. The van der Waals surface area contributed by atoms with Crippen LogP contribution in [0, 0.1) is 17.1 Å². The Balaban J connectivity index is 3.02. The summed E-state index contributed by atoms with van der Waals surface area (Å²) in [5.41, 5.74) is 5.60. The van der Waals surface area contributed by atoms with E-state index in [4.69, 9.17) is 11.0 Å². The molecule has 6 heteroatoms. The summed E-state index contributed by atoms with van der Waals surface area (Å²) < 4.78 is 13.1. The third-order valence-electron chi connectivity index (χ3n) is 2.46. The summed E-state index contributed by atoms with van der Waals surface area (Å²) >= 11 is 0. The second-order valence-electron chi connectivity index (χ2n) is 4.09. The first-order chi connectivity index (χ1) is 8.47. The van der Waals surface area contributed by atoms with E-state index in [0.717, 1.165) is 12.3 Å². The molecule has 2 N–H and O–H groups in total. The van der Waals surface area contributed by atoms with Gasteiger partial charge in [-0.2, -0.15) is 5.26 Å². The van der Waals surface area contributed by atoms with E-state index in [1.165, 1.54) is 4.90 Å². The molecule has 1 aromatic heterocycles. The number of nitrogen functional groups attached to an aromatic ring is 1. The molecular weight excluding hydrogens is 235 g/mol. The Morgan fingerprint density at radius 3 is 2.89 bits per heavy atom. The maximum atomic E-state index is 13.1. The van der Waals surface area contributed by atoms with E-state index in [0.29, 0.717) is 0 Å². The van der Waals surface area contributed by atoms with Crippen molar-refractivity contribution in [1.82, 2.24) is 9.88 Å². The van der Waals surface area contributed by atoms with Crippen molar-refractivity contribution < 1.29 is 9.18 Å². The van der Waals surface area contributed by atoms with Crippen LogP contribution in [0.5, 0.6) is 0 Å². The van der Waals surface area contributed by atoms with Crippen LogP contribution in [0.25, 0.3) is 0 Å². The maximum absolute atomic E-state index is 13.1. The first kappa shape index (κ1) is 13.9. The molecule has 0 atom stereocenters. The highest BCUT2D eigenvalue weighted by Crippen LogP contribution is 2.15. The van der Waals surface area contributed by atoms with Crippen molar-refractivity contribution in [2.24, 2.45) is 0 Å². The van der Waals surface area contributed by atoms with Crippen LogP contribution in [0.15, 0.2) is 12.3 Å². The fourth-order valence-corrected chi connectivity index (χ4v) is 1.54. The minimum absolute atomic E-state index is 0.0102. The number of aromatic nitrogens is 1. The Bertz CT molecular complexity index is 481. The Kier molecular flexibility index (Phi) is 4.60. The molecule has 1 heterocycles. The molecule has 1 amide bonds. The first-order valence-corrected chi connectivity index (χ1v) is 5.56. The molecule has 0 unspecified atom stereocenters. The van der Waals surface area contributed by atoms with Crippen LogP contribution < -0.4 is 5.73 Å². The molecule has 0 aromatic carbocycles. The number of nitrogens with two attached hydrogens (primary N) is 1. The lowest BCUT2D eigenvalue weighted by Crippen LogP contribution is -2.38. The molecule has 0 saturated carbocycles. The predicted octanol–water partition coefficient (Wildman–Crippen LogP) is 1.57. The van der Waals surface area contributed by atoms with Crippen molar-refractivity contribution in [2.75, 3.05) is 12.3 Å². The number of amides is 1. The average molecular weight is 250 g/mol. The summed E-state index contributed by atoms with van der Waals surface area (Å²) in [6.07, 6.45) is 1.17. The monoisotopic (exact) mass is 250 g/mol. The topological polar surface area (TPSA) is 83.0 Å². The highest BCUT2D eigenvalue weighted by Gasteiger charge is 2.21. The van der Waals surface area contributed by atoms with Crippen LogP contribution in [0.3, 0.4) is 0 Å². The second-order valence-corrected chi connectivity index (χ2v) is 4.09. The molecule has 1 aromatic rings. The number of carbonyl (C=O) groups is 1. The fourth-order valence-electron chi connectivity index (χ4n) is 1.54. The van der Waals surface area contributed by atoms with Gasteiger partial charge in [-0.05, 0) is 19.9 Å². The quantitative estimate of drug-likeness (QED) is 0.879. The van der Waals surface area contributed by atoms with Gasteiger partial charge < -0.3 is 10.6 Å². The van der Waals surface area contributed by atoms with E-state index >= 15 is 0 Å². The number of hydrogen-bond donors (Lipinski definition) is 1.